The van der Waals surface area contributed by atoms with E-state index in [1.54, 1.807) is 40.8 Å². The van der Waals surface area contributed by atoms with Crippen LogP contribution in [0.3, 0.4) is 0 Å². The fourth-order valence-electron chi connectivity index (χ4n) is 4.09. The highest BCUT2D eigenvalue weighted by molar-refractivity contribution is 6.42. The Morgan fingerprint density at radius 1 is 1.11 bits per heavy atom. The Morgan fingerprint density at radius 3 is 2.57 bits per heavy atom. The summed E-state index contributed by atoms with van der Waals surface area (Å²) in [5.41, 5.74) is 6.50. The number of hydrogen-bond acceptors (Lipinski definition) is 5. The number of rotatable bonds is 12. The van der Waals surface area contributed by atoms with Crippen molar-refractivity contribution in [3.63, 3.8) is 0 Å². The average Bonchev–Trinajstić information content (AvgIpc) is 2.86. The number of carbonyl (C=O) groups excluding carboxylic acids is 1. The summed E-state index contributed by atoms with van der Waals surface area (Å²) in [4.78, 5) is 33.6. The van der Waals surface area contributed by atoms with Crippen molar-refractivity contribution in [2.75, 3.05) is 26.8 Å². The molecule has 1 atom stereocenters. The normalized spacial score (nSPS) is 12.1. The number of nitrogens with zero attached hydrogens (tertiary/aromatic N) is 3. The van der Waals surface area contributed by atoms with Gasteiger partial charge in [-0.1, -0.05) is 48.2 Å². The van der Waals surface area contributed by atoms with E-state index >= 15 is 0 Å². The number of aromatic nitrogens is 2. The van der Waals surface area contributed by atoms with E-state index in [1.807, 2.05) is 25.1 Å². The van der Waals surface area contributed by atoms with Gasteiger partial charge in [-0.25, -0.2) is 4.98 Å². The third-order valence-electron chi connectivity index (χ3n) is 6.03. The summed E-state index contributed by atoms with van der Waals surface area (Å²) >= 11 is 12.3. The first-order valence-electron chi connectivity index (χ1n) is 11.8. The fourth-order valence-corrected chi connectivity index (χ4v) is 4.39. The van der Waals surface area contributed by atoms with Crippen molar-refractivity contribution in [3.05, 3.63) is 74.3 Å². The zero-order chi connectivity index (χ0) is 25.4. The van der Waals surface area contributed by atoms with Gasteiger partial charge in [0.05, 0.1) is 40.1 Å². The SMILES string of the molecule is COCCn1c(C(C)N(CCCCCCN)C(=O)c2ccc(Cl)c(Cl)c2)nc2ccccc2c1=O. The molecule has 0 saturated carbocycles. The van der Waals surface area contributed by atoms with Gasteiger partial charge in [-0.15, -0.1) is 0 Å². The molecule has 2 aromatic carbocycles. The number of carbonyl (C=O) groups is 1. The Balaban J connectivity index is 2.03. The summed E-state index contributed by atoms with van der Waals surface area (Å²) in [7, 11) is 1.59. The van der Waals surface area contributed by atoms with Gasteiger partial charge in [-0.3, -0.25) is 14.2 Å². The minimum atomic E-state index is -0.472. The molecule has 3 rings (SSSR count). The lowest BCUT2D eigenvalue weighted by molar-refractivity contribution is 0.0673. The van der Waals surface area contributed by atoms with Crippen LogP contribution in [0.1, 0.15) is 54.8 Å². The van der Waals surface area contributed by atoms with E-state index in [4.69, 9.17) is 38.7 Å². The molecule has 1 amide bonds. The lowest BCUT2D eigenvalue weighted by atomic mass is 10.1. The molecule has 35 heavy (non-hydrogen) atoms. The summed E-state index contributed by atoms with van der Waals surface area (Å²) in [6.07, 6.45) is 3.68. The molecule has 7 nitrogen and oxygen atoms in total. The molecule has 0 bridgehead atoms. The molecule has 9 heteroatoms. The van der Waals surface area contributed by atoms with Gasteiger partial charge < -0.3 is 15.4 Å². The van der Waals surface area contributed by atoms with Gasteiger partial charge in [-0.2, -0.15) is 0 Å². The number of halogens is 2. The average molecular weight is 519 g/mol. The van der Waals surface area contributed by atoms with Gasteiger partial charge in [0.2, 0.25) is 0 Å². The minimum Gasteiger partial charge on any atom is -0.383 e. The third-order valence-corrected chi connectivity index (χ3v) is 6.77. The van der Waals surface area contributed by atoms with Crippen molar-refractivity contribution in [2.24, 2.45) is 5.73 Å². The third kappa shape index (κ3) is 6.61. The fraction of sp³-hybridized carbons (Fsp3) is 0.423. The number of para-hydroxylation sites is 1. The zero-order valence-electron chi connectivity index (χ0n) is 20.2. The first kappa shape index (κ1) is 27.1. The number of methoxy groups -OCH3 is 1. The van der Waals surface area contributed by atoms with Crippen molar-refractivity contribution in [3.8, 4) is 0 Å². The molecule has 0 spiro atoms. The second kappa shape index (κ2) is 13.0. The van der Waals surface area contributed by atoms with Crippen molar-refractivity contribution in [1.29, 1.82) is 0 Å². The maximum absolute atomic E-state index is 13.7. The molecule has 0 saturated heterocycles. The predicted molar refractivity (Wildman–Crippen MR) is 141 cm³/mol. The lowest BCUT2D eigenvalue weighted by Gasteiger charge is -2.31. The van der Waals surface area contributed by atoms with Crippen LogP contribution in [-0.4, -0.2) is 47.2 Å². The molecule has 0 aliphatic heterocycles. The van der Waals surface area contributed by atoms with E-state index in [0.717, 1.165) is 25.7 Å². The van der Waals surface area contributed by atoms with E-state index in [1.165, 1.54) is 0 Å². The van der Waals surface area contributed by atoms with Gasteiger partial charge >= 0.3 is 0 Å². The largest absolute Gasteiger partial charge is 0.383 e. The highest BCUT2D eigenvalue weighted by Gasteiger charge is 2.27. The molecule has 1 unspecified atom stereocenters. The van der Waals surface area contributed by atoms with Gasteiger partial charge in [0.1, 0.15) is 5.82 Å². The highest BCUT2D eigenvalue weighted by atomic mass is 35.5. The molecular weight excluding hydrogens is 487 g/mol. The van der Waals surface area contributed by atoms with Crippen LogP contribution in [0.25, 0.3) is 10.9 Å². The van der Waals surface area contributed by atoms with Crippen molar-refractivity contribution < 1.29 is 9.53 Å². The molecule has 0 aliphatic rings. The molecule has 0 fully saturated rings. The summed E-state index contributed by atoms with van der Waals surface area (Å²) in [6.45, 7) is 3.72. The second-order valence-corrected chi connectivity index (χ2v) is 9.26. The van der Waals surface area contributed by atoms with E-state index in [0.29, 0.717) is 58.6 Å². The van der Waals surface area contributed by atoms with E-state index in [-0.39, 0.29) is 11.5 Å². The van der Waals surface area contributed by atoms with Gasteiger partial charge in [-0.05, 0) is 56.6 Å². The summed E-state index contributed by atoms with van der Waals surface area (Å²) in [6, 6.07) is 11.6. The minimum absolute atomic E-state index is 0.153. The van der Waals surface area contributed by atoms with Gasteiger partial charge in [0.15, 0.2) is 0 Å². The number of fused-ring (bicyclic) bond motifs is 1. The monoisotopic (exact) mass is 518 g/mol. The predicted octanol–water partition coefficient (Wildman–Crippen LogP) is 5.07. The maximum Gasteiger partial charge on any atom is 0.261 e. The second-order valence-electron chi connectivity index (χ2n) is 8.44. The van der Waals surface area contributed by atoms with Crippen LogP contribution in [0.15, 0.2) is 47.3 Å². The molecule has 0 aliphatic carbocycles. The van der Waals surface area contributed by atoms with Crippen LogP contribution in [0.5, 0.6) is 0 Å². The summed E-state index contributed by atoms with van der Waals surface area (Å²) < 4.78 is 6.86. The van der Waals surface area contributed by atoms with Crippen molar-refractivity contribution in [1.82, 2.24) is 14.5 Å². The molecular formula is C26H32Cl2N4O3. The number of nitrogens with two attached hydrogens (primary N) is 1. The molecule has 2 N–H and O–H groups in total. The number of amides is 1. The van der Waals surface area contributed by atoms with Gasteiger partial charge in [0, 0.05) is 19.2 Å². The zero-order valence-corrected chi connectivity index (χ0v) is 21.7. The Hall–Kier alpha value is -2.45. The highest BCUT2D eigenvalue weighted by Crippen LogP contribution is 2.27. The number of ether oxygens (including phenoxy) is 1. The van der Waals surface area contributed by atoms with Crippen LogP contribution in [-0.2, 0) is 11.3 Å². The quantitative estimate of drug-likeness (QED) is 0.338. The molecule has 1 aromatic heterocycles. The van der Waals surface area contributed by atoms with E-state index in [2.05, 4.69) is 0 Å². The topological polar surface area (TPSA) is 90.4 Å². The Bertz CT molecular complexity index is 1210. The Kier molecular flexibility index (Phi) is 10.1. The van der Waals surface area contributed by atoms with Crippen molar-refractivity contribution in [2.45, 2.75) is 45.2 Å². The van der Waals surface area contributed by atoms with Crippen LogP contribution in [0.4, 0.5) is 0 Å². The van der Waals surface area contributed by atoms with E-state index < -0.39 is 6.04 Å². The molecule has 1 heterocycles. The summed E-state index contributed by atoms with van der Waals surface area (Å²) in [5.74, 6) is 0.316. The number of hydrogen-bond donors (Lipinski definition) is 1. The first-order valence-corrected chi connectivity index (χ1v) is 12.6. The maximum atomic E-state index is 13.7. The smallest absolute Gasteiger partial charge is 0.261 e. The Morgan fingerprint density at radius 2 is 1.86 bits per heavy atom. The first-order chi connectivity index (χ1) is 16.9. The van der Waals surface area contributed by atoms with Crippen LogP contribution in [0.2, 0.25) is 10.0 Å². The van der Waals surface area contributed by atoms with Gasteiger partial charge in [0.25, 0.3) is 11.5 Å². The number of unbranched alkanes of at least 4 members (excludes halogenated alkanes) is 3. The van der Waals surface area contributed by atoms with Crippen molar-refractivity contribution >= 4 is 40.0 Å². The summed E-state index contributed by atoms with van der Waals surface area (Å²) in [5, 5.41) is 1.23. The van der Waals surface area contributed by atoms with Crippen LogP contribution < -0.4 is 11.3 Å². The van der Waals surface area contributed by atoms with E-state index in [9.17, 15) is 9.59 Å². The lowest BCUT2D eigenvalue weighted by Crippen LogP contribution is -2.39. The number of benzene rings is 2. The molecule has 3 aromatic rings. The van der Waals surface area contributed by atoms with Crippen LogP contribution in [0, 0.1) is 0 Å². The Labute approximate surface area is 215 Å². The molecule has 188 valence electrons. The van der Waals surface area contributed by atoms with Crippen LogP contribution >= 0.6 is 23.2 Å². The standard InChI is InChI=1S/C26H32Cl2N4O3/c1-18(24-30-23-10-6-5-9-20(23)26(34)32(24)15-16-35-2)31(14-8-4-3-7-13-29)25(33)19-11-12-21(27)22(28)17-19/h5-6,9-12,17-18H,3-4,7-8,13-16,29H2,1-2H3. The molecule has 0 radical (unpaired) electrons.